The van der Waals surface area contributed by atoms with Gasteiger partial charge in [0.2, 0.25) is 6.79 Å². The number of ether oxygens (including phenoxy) is 4. The molecule has 0 fully saturated rings. The van der Waals surface area contributed by atoms with Gasteiger partial charge in [-0.1, -0.05) is 19.1 Å². The summed E-state index contributed by atoms with van der Waals surface area (Å²) in [6, 6.07) is 25.1. The number of esters is 1. The molecule has 7 heteroatoms. The minimum absolute atomic E-state index is 0.0735. The molecule has 0 bridgehead atoms. The molecule has 0 aliphatic rings. The van der Waals surface area contributed by atoms with E-state index in [2.05, 4.69) is 6.92 Å². The molecule has 37 heavy (non-hydrogen) atoms. The standard InChI is InChI=1S/C30H30N2O5/c1-3-21-4-9-26(10-5-21)35-19-36-29-15-13-27(16-20(29)2)37-30(33)22-6-11-25(12-7-22)34-18-23-17-24(31)8-14-28(23)32/h4-17H,3,18-19,31-32H2,1-2H3. The van der Waals surface area contributed by atoms with Gasteiger partial charge in [0.15, 0.2) is 0 Å². The highest BCUT2D eigenvalue weighted by molar-refractivity contribution is 5.91. The topological polar surface area (TPSA) is 106 Å². The second-order valence-corrected chi connectivity index (χ2v) is 8.49. The molecule has 0 saturated carbocycles. The molecule has 0 saturated heterocycles. The first kappa shape index (κ1) is 25.4. The van der Waals surface area contributed by atoms with E-state index in [9.17, 15) is 4.79 Å². The number of benzene rings is 4. The van der Waals surface area contributed by atoms with Crippen LogP contribution >= 0.6 is 0 Å². The largest absolute Gasteiger partial charge is 0.489 e. The van der Waals surface area contributed by atoms with Gasteiger partial charge in [-0.25, -0.2) is 4.79 Å². The van der Waals surface area contributed by atoms with E-state index < -0.39 is 5.97 Å². The zero-order valence-electron chi connectivity index (χ0n) is 20.9. The molecule has 0 aromatic heterocycles. The van der Waals surface area contributed by atoms with E-state index in [1.54, 1.807) is 60.7 Å². The first-order valence-corrected chi connectivity index (χ1v) is 12.0. The lowest BCUT2D eigenvalue weighted by molar-refractivity contribution is 0.0734. The van der Waals surface area contributed by atoms with Crippen molar-refractivity contribution in [2.24, 2.45) is 0 Å². The zero-order chi connectivity index (χ0) is 26.2. The van der Waals surface area contributed by atoms with E-state index in [1.807, 2.05) is 31.2 Å². The summed E-state index contributed by atoms with van der Waals surface area (Å²) in [5.74, 6) is 1.93. The van der Waals surface area contributed by atoms with E-state index in [0.29, 0.717) is 34.2 Å². The van der Waals surface area contributed by atoms with E-state index in [1.165, 1.54) is 5.56 Å². The molecule has 7 nitrogen and oxygen atoms in total. The van der Waals surface area contributed by atoms with Crippen LogP contribution in [0.3, 0.4) is 0 Å². The molecule has 4 N–H and O–H groups in total. The maximum Gasteiger partial charge on any atom is 0.343 e. The van der Waals surface area contributed by atoms with Crippen molar-refractivity contribution in [2.45, 2.75) is 26.9 Å². The van der Waals surface area contributed by atoms with Crippen LogP contribution in [0.1, 0.15) is 34.0 Å². The van der Waals surface area contributed by atoms with Gasteiger partial charge >= 0.3 is 5.97 Å². The van der Waals surface area contributed by atoms with Crippen molar-refractivity contribution in [1.82, 2.24) is 0 Å². The normalized spacial score (nSPS) is 10.5. The fourth-order valence-corrected chi connectivity index (χ4v) is 3.59. The summed E-state index contributed by atoms with van der Waals surface area (Å²) >= 11 is 0. The van der Waals surface area contributed by atoms with E-state index in [0.717, 1.165) is 23.3 Å². The molecular weight excluding hydrogens is 468 g/mol. The zero-order valence-corrected chi connectivity index (χ0v) is 20.9. The number of aryl methyl sites for hydroxylation is 2. The van der Waals surface area contributed by atoms with Crippen LogP contribution in [0, 0.1) is 6.92 Å². The monoisotopic (exact) mass is 498 g/mol. The van der Waals surface area contributed by atoms with Crippen molar-refractivity contribution >= 4 is 17.3 Å². The Morgan fingerprint density at radius 2 is 1.43 bits per heavy atom. The van der Waals surface area contributed by atoms with Gasteiger partial charge in [0.05, 0.1) is 5.56 Å². The Morgan fingerprint density at radius 3 is 2.14 bits per heavy atom. The predicted molar refractivity (Wildman–Crippen MR) is 144 cm³/mol. The minimum atomic E-state index is -0.474. The number of rotatable bonds is 10. The summed E-state index contributed by atoms with van der Waals surface area (Å²) in [7, 11) is 0. The molecule has 0 unspecified atom stereocenters. The average Bonchev–Trinajstić information content (AvgIpc) is 2.91. The Bertz CT molecular complexity index is 1350. The molecule has 0 heterocycles. The van der Waals surface area contributed by atoms with Gasteiger partial charge < -0.3 is 30.4 Å². The molecule has 190 valence electrons. The summed E-state index contributed by atoms with van der Waals surface area (Å²) in [4.78, 5) is 12.6. The number of hydrogen-bond donors (Lipinski definition) is 2. The highest BCUT2D eigenvalue weighted by Crippen LogP contribution is 2.25. The molecule has 0 radical (unpaired) electrons. The van der Waals surface area contributed by atoms with E-state index >= 15 is 0 Å². The SMILES string of the molecule is CCc1ccc(OCOc2ccc(OC(=O)c3ccc(OCc4cc(N)ccc4N)cc3)cc2C)cc1. The Morgan fingerprint density at radius 1 is 0.757 bits per heavy atom. The maximum atomic E-state index is 12.6. The maximum absolute atomic E-state index is 12.6. The second-order valence-electron chi connectivity index (χ2n) is 8.49. The molecule has 4 rings (SSSR count). The highest BCUT2D eigenvalue weighted by Gasteiger charge is 2.11. The van der Waals surface area contributed by atoms with Crippen LogP contribution in [0.4, 0.5) is 11.4 Å². The fourth-order valence-electron chi connectivity index (χ4n) is 3.59. The van der Waals surface area contributed by atoms with Gasteiger partial charge in [0, 0.05) is 16.9 Å². The van der Waals surface area contributed by atoms with Crippen molar-refractivity contribution in [3.8, 4) is 23.0 Å². The van der Waals surface area contributed by atoms with Crippen molar-refractivity contribution in [3.63, 3.8) is 0 Å². The minimum Gasteiger partial charge on any atom is -0.489 e. The van der Waals surface area contributed by atoms with Crippen LogP contribution in [0.25, 0.3) is 0 Å². The Balaban J connectivity index is 1.28. The third-order valence-electron chi connectivity index (χ3n) is 5.78. The number of anilines is 2. The van der Waals surface area contributed by atoms with Gasteiger partial charge in [0.25, 0.3) is 0 Å². The lowest BCUT2D eigenvalue weighted by Crippen LogP contribution is -2.09. The van der Waals surface area contributed by atoms with Crippen molar-refractivity contribution < 1.29 is 23.7 Å². The van der Waals surface area contributed by atoms with E-state index in [4.69, 9.17) is 30.4 Å². The van der Waals surface area contributed by atoms with Crippen molar-refractivity contribution in [1.29, 1.82) is 0 Å². The Hall–Kier alpha value is -4.65. The number of nitrogen functional groups attached to an aromatic ring is 2. The summed E-state index contributed by atoms with van der Waals surface area (Å²) in [5, 5.41) is 0. The third-order valence-corrected chi connectivity index (χ3v) is 5.78. The lowest BCUT2D eigenvalue weighted by Gasteiger charge is -2.12. The summed E-state index contributed by atoms with van der Waals surface area (Å²) in [5.41, 5.74) is 16.2. The first-order chi connectivity index (χ1) is 17.9. The second kappa shape index (κ2) is 11.9. The van der Waals surface area contributed by atoms with Crippen LogP contribution in [-0.2, 0) is 13.0 Å². The molecule has 0 atom stereocenters. The predicted octanol–water partition coefficient (Wildman–Crippen LogP) is 5.94. The van der Waals surface area contributed by atoms with Crippen LogP contribution in [0.2, 0.25) is 0 Å². The molecule has 0 aliphatic heterocycles. The summed E-state index contributed by atoms with van der Waals surface area (Å²) < 4.78 is 22.7. The third kappa shape index (κ3) is 6.95. The van der Waals surface area contributed by atoms with Crippen molar-refractivity contribution in [2.75, 3.05) is 18.3 Å². The average molecular weight is 499 g/mol. The van der Waals surface area contributed by atoms with Crippen LogP contribution in [0.15, 0.2) is 84.9 Å². The first-order valence-electron chi connectivity index (χ1n) is 12.0. The molecule has 0 amide bonds. The highest BCUT2D eigenvalue weighted by atomic mass is 16.7. The number of carbonyl (C=O) groups excluding carboxylic acids is 1. The number of hydrogen-bond acceptors (Lipinski definition) is 7. The summed E-state index contributed by atoms with van der Waals surface area (Å²) in [6.45, 7) is 4.33. The van der Waals surface area contributed by atoms with Crippen LogP contribution in [-0.4, -0.2) is 12.8 Å². The van der Waals surface area contributed by atoms with Gasteiger partial charge in [-0.2, -0.15) is 0 Å². The van der Waals surface area contributed by atoms with Crippen LogP contribution < -0.4 is 30.4 Å². The molecule has 0 spiro atoms. The number of carbonyl (C=O) groups is 1. The fraction of sp³-hybridized carbons (Fsp3) is 0.167. The van der Waals surface area contributed by atoms with E-state index in [-0.39, 0.29) is 13.4 Å². The van der Waals surface area contributed by atoms with Gasteiger partial charge in [0.1, 0.15) is 29.6 Å². The molecule has 0 aliphatic carbocycles. The molecular formula is C30H30N2O5. The summed E-state index contributed by atoms with van der Waals surface area (Å²) in [6.07, 6.45) is 0.980. The van der Waals surface area contributed by atoms with Crippen LogP contribution in [0.5, 0.6) is 23.0 Å². The Labute approximate surface area is 216 Å². The van der Waals surface area contributed by atoms with Gasteiger partial charge in [-0.05, 0) is 97.3 Å². The Kier molecular flexibility index (Phi) is 8.15. The van der Waals surface area contributed by atoms with Gasteiger partial charge in [-0.15, -0.1) is 0 Å². The molecule has 4 aromatic carbocycles. The van der Waals surface area contributed by atoms with Gasteiger partial charge in [-0.3, -0.25) is 0 Å². The van der Waals surface area contributed by atoms with Crippen molar-refractivity contribution in [3.05, 3.63) is 107 Å². The number of nitrogens with two attached hydrogens (primary N) is 2. The quantitative estimate of drug-likeness (QED) is 0.121. The smallest absolute Gasteiger partial charge is 0.343 e. The molecule has 4 aromatic rings. The lowest BCUT2D eigenvalue weighted by atomic mass is 10.1.